The Hall–Kier alpha value is -1.48. The predicted molar refractivity (Wildman–Crippen MR) is 60.3 cm³/mol. The van der Waals surface area contributed by atoms with Gasteiger partial charge in [-0.05, 0) is 18.1 Å². The summed E-state index contributed by atoms with van der Waals surface area (Å²) in [5.74, 6) is -0.425. The molecule has 0 amide bonds. The van der Waals surface area contributed by atoms with Crippen LogP contribution in [0.15, 0.2) is 36.4 Å². The Balaban J connectivity index is 2.03. The van der Waals surface area contributed by atoms with Crippen molar-refractivity contribution < 1.29 is 9.18 Å². The van der Waals surface area contributed by atoms with Crippen molar-refractivity contribution in [2.45, 2.75) is 18.9 Å². The van der Waals surface area contributed by atoms with Crippen LogP contribution in [-0.4, -0.2) is 11.8 Å². The minimum absolute atomic E-state index is 0.0328. The molecular weight excluding hydrogens is 205 g/mol. The minimum atomic E-state index is -0.317. The van der Waals surface area contributed by atoms with Crippen molar-refractivity contribution in [1.82, 2.24) is 0 Å². The summed E-state index contributed by atoms with van der Waals surface area (Å²) < 4.78 is 13.3. The third-order valence-corrected chi connectivity index (χ3v) is 2.85. The van der Waals surface area contributed by atoms with Crippen LogP contribution in [0.4, 0.5) is 4.39 Å². The van der Waals surface area contributed by atoms with Crippen LogP contribution >= 0.6 is 0 Å². The number of ketones is 1. The molecule has 2 rings (SSSR count). The van der Waals surface area contributed by atoms with Crippen LogP contribution < -0.4 is 5.73 Å². The summed E-state index contributed by atoms with van der Waals surface area (Å²) in [6, 6.07) is 6.34. The molecule has 2 nitrogen and oxygen atoms in total. The quantitative estimate of drug-likeness (QED) is 0.788. The lowest BCUT2D eigenvalue weighted by Crippen LogP contribution is -2.20. The number of carbonyl (C=O) groups is 1. The van der Waals surface area contributed by atoms with Gasteiger partial charge in [-0.25, -0.2) is 4.39 Å². The summed E-state index contributed by atoms with van der Waals surface area (Å²) >= 11 is 0. The lowest BCUT2D eigenvalue weighted by atomic mass is 9.96. The average Bonchev–Trinajstić information content (AvgIpc) is 2.68. The largest absolute Gasteiger partial charge is 0.324 e. The normalized spacial score (nSPS) is 23.6. The van der Waals surface area contributed by atoms with Gasteiger partial charge in [-0.1, -0.05) is 30.4 Å². The molecule has 0 aromatic heterocycles. The van der Waals surface area contributed by atoms with Gasteiger partial charge in [0.15, 0.2) is 0 Å². The molecule has 0 fully saturated rings. The minimum Gasteiger partial charge on any atom is -0.324 e. The second-order valence-electron chi connectivity index (χ2n) is 4.13. The lowest BCUT2D eigenvalue weighted by molar-refractivity contribution is -0.120. The highest BCUT2D eigenvalue weighted by molar-refractivity contribution is 5.85. The molecule has 0 bridgehead atoms. The average molecular weight is 219 g/mol. The van der Waals surface area contributed by atoms with E-state index in [0.717, 1.165) is 0 Å². The number of hydrogen-bond donors (Lipinski definition) is 1. The molecule has 0 saturated heterocycles. The molecule has 1 aliphatic carbocycles. The molecule has 0 heterocycles. The maximum Gasteiger partial charge on any atom is 0.144 e. The Morgan fingerprint density at radius 2 is 2.12 bits per heavy atom. The van der Waals surface area contributed by atoms with Gasteiger partial charge in [0.25, 0.3) is 0 Å². The van der Waals surface area contributed by atoms with Crippen molar-refractivity contribution in [3.05, 3.63) is 47.8 Å². The third-order valence-electron chi connectivity index (χ3n) is 2.85. The Bertz CT molecular complexity index is 428. The van der Waals surface area contributed by atoms with Crippen LogP contribution in [0, 0.1) is 11.7 Å². The molecule has 0 spiro atoms. The van der Waals surface area contributed by atoms with E-state index in [-0.39, 0.29) is 30.0 Å². The zero-order valence-electron chi connectivity index (χ0n) is 8.90. The van der Waals surface area contributed by atoms with Gasteiger partial charge in [0, 0.05) is 18.4 Å². The van der Waals surface area contributed by atoms with Crippen LogP contribution in [0.1, 0.15) is 12.0 Å². The molecule has 0 saturated carbocycles. The number of nitrogens with two attached hydrogens (primary N) is 1. The second-order valence-corrected chi connectivity index (χ2v) is 4.13. The van der Waals surface area contributed by atoms with Crippen LogP contribution in [0.3, 0.4) is 0 Å². The molecule has 0 aliphatic heterocycles. The fourth-order valence-electron chi connectivity index (χ4n) is 1.93. The van der Waals surface area contributed by atoms with E-state index >= 15 is 0 Å². The Labute approximate surface area is 94.0 Å². The van der Waals surface area contributed by atoms with Crippen molar-refractivity contribution in [3.8, 4) is 0 Å². The highest BCUT2D eigenvalue weighted by Gasteiger charge is 2.23. The van der Waals surface area contributed by atoms with Gasteiger partial charge in [0.05, 0.1) is 0 Å². The molecular formula is C13H14FNO. The molecule has 16 heavy (non-hydrogen) atoms. The van der Waals surface area contributed by atoms with E-state index in [4.69, 9.17) is 5.73 Å². The third kappa shape index (κ3) is 2.36. The smallest absolute Gasteiger partial charge is 0.144 e. The molecule has 2 unspecified atom stereocenters. The van der Waals surface area contributed by atoms with Gasteiger partial charge in [-0.3, -0.25) is 4.79 Å². The van der Waals surface area contributed by atoms with Gasteiger partial charge >= 0.3 is 0 Å². The first-order valence-corrected chi connectivity index (χ1v) is 5.37. The zero-order chi connectivity index (χ0) is 11.5. The maximum atomic E-state index is 13.3. The van der Waals surface area contributed by atoms with E-state index in [2.05, 4.69) is 0 Å². The highest BCUT2D eigenvalue weighted by Crippen LogP contribution is 2.20. The number of benzene rings is 1. The molecule has 3 heteroatoms. The molecule has 2 atom stereocenters. The van der Waals surface area contributed by atoms with Gasteiger partial charge in [-0.15, -0.1) is 0 Å². The second kappa shape index (κ2) is 4.58. The summed E-state index contributed by atoms with van der Waals surface area (Å²) in [7, 11) is 0. The fraction of sp³-hybridized carbons (Fsp3) is 0.308. The molecule has 1 aromatic carbocycles. The van der Waals surface area contributed by atoms with Crippen molar-refractivity contribution in [2.24, 2.45) is 11.7 Å². The first kappa shape index (κ1) is 11.0. The first-order chi connectivity index (χ1) is 7.66. The van der Waals surface area contributed by atoms with Crippen molar-refractivity contribution >= 4 is 5.78 Å². The predicted octanol–water partition coefficient (Wildman–Crippen LogP) is 1.84. The monoisotopic (exact) mass is 219 g/mol. The summed E-state index contributed by atoms with van der Waals surface area (Å²) in [5.41, 5.74) is 6.13. The molecule has 0 radical (unpaired) electrons. The van der Waals surface area contributed by atoms with E-state index in [1.807, 2.05) is 12.2 Å². The Morgan fingerprint density at radius 3 is 2.75 bits per heavy atom. The summed E-state index contributed by atoms with van der Waals surface area (Å²) in [5, 5.41) is 0. The molecule has 84 valence electrons. The summed E-state index contributed by atoms with van der Waals surface area (Å²) in [4.78, 5) is 11.8. The topological polar surface area (TPSA) is 43.1 Å². The van der Waals surface area contributed by atoms with Crippen molar-refractivity contribution in [2.75, 3.05) is 0 Å². The van der Waals surface area contributed by atoms with Crippen LogP contribution in [0.5, 0.6) is 0 Å². The Morgan fingerprint density at radius 1 is 1.38 bits per heavy atom. The van der Waals surface area contributed by atoms with E-state index < -0.39 is 0 Å². The van der Waals surface area contributed by atoms with Crippen molar-refractivity contribution in [3.63, 3.8) is 0 Å². The van der Waals surface area contributed by atoms with E-state index in [1.54, 1.807) is 18.2 Å². The van der Waals surface area contributed by atoms with Crippen molar-refractivity contribution in [1.29, 1.82) is 0 Å². The molecule has 2 N–H and O–H groups in total. The summed E-state index contributed by atoms with van der Waals surface area (Å²) in [6.07, 6.45) is 4.46. The van der Waals surface area contributed by atoms with Crippen LogP contribution in [0.2, 0.25) is 0 Å². The number of hydrogen-bond acceptors (Lipinski definition) is 2. The van der Waals surface area contributed by atoms with E-state index in [9.17, 15) is 9.18 Å². The van der Waals surface area contributed by atoms with Gasteiger partial charge in [-0.2, -0.15) is 0 Å². The molecule has 1 aliphatic rings. The zero-order valence-corrected chi connectivity index (χ0v) is 8.90. The molecule has 1 aromatic rings. The fourth-order valence-corrected chi connectivity index (χ4v) is 1.93. The first-order valence-electron chi connectivity index (χ1n) is 5.37. The van der Waals surface area contributed by atoms with E-state index in [1.165, 1.54) is 6.07 Å². The SMILES string of the molecule is NC1C=CC(C(=O)Cc2ccccc2F)C1. The highest BCUT2D eigenvalue weighted by atomic mass is 19.1. The standard InChI is InChI=1S/C13H14FNO/c14-12-4-2-1-3-9(12)8-13(16)10-5-6-11(15)7-10/h1-6,10-11H,7-8,15H2. The van der Waals surface area contributed by atoms with Crippen LogP contribution in [-0.2, 0) is 11.2 Å². The van der Waals surface area contributed by atoms with Gasteiger partial charge in [0.1, 0.15) is 11.6 Å². The van der Waals surface area contributed by atoms with Gasteiger partial charge in [0.2, 0.25) is 0 Å². The summed E-state index contributed by atoms with van der Waals surface area (Å²) in [6.45, 7) is 0. The van der Waals surface area contributed by atoms with Crippen LogP contribution in [0.25, 0.3) is 0 Å². The number of halogens is 1. The maximum absolute atomic E-state index is 13.3. The Kier molecular flexibility index (Phi) is 3.15. The number of rotatable bonds is 3. The van der Waals surface area contributed by atoms with Gasteiger partial charge < -0.3 is 5.73 Å². The number of carbonyl (C=O) groups excluding carboxylic acids is 1. The number of allylic oxidation sites excluding steroid dienone is 1. The number of Topliss-reactive ketones (excluding diaryl/α,β-unsaturated/α-hetero) is 1. The lowest BCUT2D eigenvalue weighted by Gasteiger charge is -2.08. The van der Waals surface area contributed by atoms with E-state index in [0.29, 0.717) is 12.0 Å².